The minimum Gasteiger partial charge on any atom is -0.496 e. The molecule has 1 N–H and O–H groups in total. The van der Waals surface area contributed by atoms with E-state index < -0.39 is 0 Å². The summed E-state index contributed by atoms with van der Waals surface area (Å²) in [4.78, 5) is 12.1. The number of amides is 1. The Hall–Kier alpha value is -2.00. The highest BCUT2D eigenvalue weighted by Crippen LogP contribution is 2.20. The number of halogens is 1. The van der Waals surface area contributed by atoms with Crippen molar-refractivity contribution in [2.75, 3.05) is 13.7 Å². The zero-order valence-electron chi connectivity index (χ0n) is 12.2. The number of carbonyl (C=O) groups is 1. The van der Waals surface area contributed by atoms with Gasteiger partial charge in [0.25, 0.3) is 5.91 Å². The van der Waals surface area contributed by atoms with Crippen LogP contribution in [0.4, 0.5) is 0 Å². The summed E-state index contributed by atoms with van der Waals surface area (Å²) in [7, 11) is 1.65. The maximum atomic E-state index is 12.1. The van der Waals surface area contributed by atoms with Gasteiger partial charge in [-0.1, -0.05) is 41.4 Å². The van der Waals surface area contributed by atoms with Gasteiger partial charge >= 0.3 is 0 Å². The predicted molar refractivity (Wildman–Crippen MR) is 85.2 cm³/mol. The van der Waals surface area contributed by atoms with Crippen molar-refractivity contribution in [1.29, 1.82) is 0 Å². The van der Waals surface area contributed by atoms with Crippen LogP contribution in [-0.4, -0.2) is 19.6 Å². The molecule has 0 heterocycles. The molecular weight excluding hydrogens is 286 g/mol. The van der Waals surface area contributed by atoms with E-state index >= 15 is 0 Å². The molecule has 0 saturated carbocycles. The zero-order chi connectivity index (χ0) is 15.2. The van der Waals surface area contributed by atoms with Crippen LogP contribution < -0.4 is 10.1 Å². The van der Waals surface area contributed by atoms with Crippen LogP contribution in [0.5, 0.6) is 5.75 Å². The molecule has 0 saturated heterocycles. The van der Waals surface area contributed by atoms with Crippen molar-refractivity contribution in [2.24, 2.45) is 0 Å². The van der Waals surface area contributed by atoms with Gasteiger partial charge in [0.1, 0.15) is 5.75 Å². The van der Waals surface area contributed by atoms with Crippen LogP contribution in [0.2, 0.25) is 5.02 Å². The third-order valence-electron chi connectivity index (χ3n) is 3.23. The molecule has 110 valence electrons. The molecule has 4 heteroatoms. The average Bonchev–Trinajstić information content (AvgIpc) is 2.48. The fourth-order valence-corrected chi connectivity index (χ4v) is 2.38. The molecule has 21 heavy (non-hydrogen) atoms. The Morgan fingerprint density at radius 2 is 2.00 bits per heavy atom. The monoisotopic (exact) mass is 303 g/mol. The van der Waals surface area contributed by atoms with Gasteiger partial charge in [0, 0.05) is 6.54 Å². The molecule has 2 rings (SSSR count). The van der Waals surface area contributed by atoms with Crippen molar-refractivity contribution in [2.45, 2.75) is 13.3 Å². The lowest BCUT2D eigenvalue weighted by atomic mass is 10.1. The Balaban J connectivity index is 1.97. The minimum absolute atomic E-state index is 0.160. The van der Waals surface area contributed by atoms with Crippen LogP contribution >= 0.6 is 11.6 Å². The molecule has 0 unspecified atom stereocenters. The fraction of sp³-hybridized carbons (Fsp3) is 0.235. The number of nitrogens with one attached hydrogen (secondary N) is 1. The highest BCUT2D eigenvalue weighted by Gasteiger charge is 2.09. The molecule has 0 radical (unpaired) electrons. The number of rotatable bonds is 5. The standard InChI is InChI=1S/C17H18ClNO2/c1-12-7-8-16(21-2)13(11-12)9-10-19-17(20)14-5-3-4-6-15(14)18/h3-8,11H,9-10H2,1-2H3,(H,19,20). The van der Waals surface area contributed by atoms with Gasteiger partial charge in [-0.15, -0.1) is 0 Å². The molecule has 0 aliphatic heterocycles. The highest BCUT2D eigenvalue weighted by atomic mass is 35.5. The number of ether oxygens (including phenoxy) is 1. The zero-order valence-corrected chi connectivity index (χ0v) is 12.9. The highest BCUT2D eigenvalue weighted by molar-refractivity contribution is 6.33. The van der Waals surface area contributed by atoms with E-state index in [4.69, 9.17) is 16.3 Å². The van der Waals surface area contributed by atoms with Gasteiger partial charge in [0.15, 0.2) is 0 Å². The largest absolute Gasteiger partial charge is 0.496 e. The number of hydrogen-bond acceptors (Lipinski definition) is 2. The number of benzene rings is 2. The van der Waals surface area contributed by atoms with Gasteiger partial charge in [0.05, 0.1) is 17.7 Å². The predicted octanol–water partition coefficient (Wildman–Crippen LogP) is 3.63. The summed E-state index contributed by atoms with van der Waals surface area (Å²) in [6.45, 7) is 2.56. The summed E-state index contributed by atoms with van der Waals surface area (Å²) >= 11 is 6.00. The van der Waals surface area contributed by atoms with Gasteiger partial charge in [-0.05, 0) is 37.1 Å². The van der Waals surface area contributed by atoms with E-state index in [1.165, 1.54) is 5.56 Å². The summed E-state index contributed by atoms with van der Waals surface area (Å²) < 4.78 is 5.33. The molecule has 0 fully saturated rings. The Kier molecular flexibility index (Phi) is 5.23. The molecule has 0 aliphatic carbocycles. The maximum absolute atomic E-state index is 12.1. The first-order valence-electron chi connectivity index (χ1n) is 6.78. The van der Waals surface area contributed by atoms with Crippen molar-refractivity contribution in [3.63, 3.8) is 0 Å². The van der Waals surface area contributed by atoms with E-state index in [0.717, 1.165) is 11.3 Å². The van der Waals surface area contributed by atoms with Crippen LogP contribution in [0, 0.1) is 6.92 Å². The number of aryl methyl sites for hydroxylation is 1. The normalized spacial score (nSPS) is 10.2. The molecule has 0 atom stereocenters. The maximum Gasteiger partial charge on any atom is 0.252 e. The van der Waals surface area contributed by atoms with Crippen molar-refractivity contribution in [3.8, 4) is 5.75 Å². The SMILES string of the molecule is COc1ccc(C)cc1CCNC(=O)c1ccccc1Cl. The summed E-state index contributed by atoms with van der Waals surface area (Å²) in [5.74, 6) is 0.680. The van der Waals surface area contributed by atoms with Crippen LogP contribution in [0.3, 0.4) is 0 Å². The third-order valence-corrected chi connectivity index (χ3v) is 3.56. The van der Waals surface area contributed by atoms with Gasteiger partial charge in [0.2, 0.25) is 0 Å². The lowest BCUT2D eigenvalue weighted by molar-refractivity contribution is 0.0954. The van der Waals surface area contributed by atoms with Crippen molar-refractivity contribution >= 4 is 17.5 Å². The second-order valence-electron chi connectivity index (χ2n) is 4.80. The van der Waals surface area contributed by atoms with Crippen LogP contribution in [-0.2, 0) is 6.42 Å². The van der Waals surface area contributed by atoms with E-state index in [0.29, 0.717) is 23.6 Å². The first-order valence-corrected chi connectivity index (χ1v) is 7.16. The molecule has 0 bridgehead atoms. The number of hydrogen-bond donors (Lipinski definition) is 1. The minimum atomic E-state index is -0.160. The second kappa shape index (κ2) is 7.14. The molecule has 0 aliphatic rings. The van der Waals surface area contributed by atoms with Gasteiger partial charge in [-0.2, -0.15) is 0 Å². The third kappa shape index (κ3) is 3.99. The molecule has 1 amide bonds. The van der Waals surface area contributed by atoms with Gasteiger partial charge in [-0.25, -0.2) is 0 Å². The first kappa shape index (κ1) is 15.4. The smallest absolute Gasteiger partial charge is 0.252 e. The summed E-state index contributed by atoms with van der Waals surface area (Å²) in [5, 5.41) is 3.34. The summed E-state index contributed by atoms with van der Waals surface area (Å²) in [6.07, 6.45) is 0.709. The molecule has 3 nitrogen and oxygen atoms in total. The van der Waals surface area contributed by atoms with E-state index in [1.807, 2.05) is 19.1 Å². The Bertz CT molecular complexity index is 640. The lowest BCUT2D eigenvalue weighted by Gasteiger charge is -2.10. The molecular formula is C17H18ClNO2. The molecule has 0 aromatic heterocycles. The molecule has 2 aromatic carbocycles. The average molecular weight is 304 g/mol. The van der Waals surface area contributed by atoms with Crippen LogP contribution in [0.25, 0.3) is 0 Å². The summed E-state index contributed by atoms with van der Waals surface area (Å²) in [5.41, 5.74) is 2.75. The van der Waals surface area contributed by atoms with Crippen molar-refractivity contribution < 1.29 is 9.53 Å². The van der Waals surface area contributed by atoms with E-state index in [-0.39, 0.29) is 5.91 Å². The van der Waals surface area contributed by atoms with Crippen molar-refractivity contribution in [3.05, 3.63) is 64.2 Å². The van der Waals surface area contributed by atoms with Crippen molar-refractivity contribution in [1.82, 2.24) is 5.32 Å². The Morgan fingerprint density at radius 3 is 2.71 bits per heavy atom. The first-order chi connectivity index (χ1) is 10.1. The fourth-order valence-electron chi connectivity index (χ4n) is 2.15. The lowest BCUT2D eigenvalue weighted by Crippen LogP contribution is -2.26. The van der Waals surface area contributed by atoms with Crippen LogP contribution in [0.1, 0.15) is 21.5 Å². The van der Waals surface area contributed by atoms with Crippen LogP contribution in [0.15, 0.2) is 42.5 Å². The Labute approximate surface area is 129 Å². The Morgan fingerprint density at radius 1 is 1.24 bits per heavy atom. The molecule has 2 aromatic rings. The van der Waals surface area contributed by atoms with E-state index in [1.54, 1.807) is 31.4 Å². The topological polar surface area (TPSA) is 38.3 Å². The number of carbonyl (C=O) groups excluding carboxylic acids is 1. The van der Waals surface area contributed by atoms with Gasteiger partial charge < -0.3 is 10.1 Å². The molecule has 0 spiro atoms. The van der Waals surface area contributed by atoms with E-state index in [2.05, 4.69) is 11.4 Å². The van der Waals surface area contributed by atoms with E-state index in [9.17, 15) is 4.79 Å². The summed E-state index contributed by atoms with van der Waals surface area (Å²) in [6, 6.07) is 13.0. The second-order valence-corrected chi connectivity index (χ2v) is 5.21. The quantitative estimate of drug-likeness (QED) is 0.916. The van der Waals surface area contributed by atoms with Gasteiger partial charge in [-0.3, -0.25) is 4.79 Å². The number of methoxy groups -OCH3 is 1.